The number of furan rings is 1. The maximum Gasteiger partial charge on any atom is 0.163 e. The molecule has 1 saturated heterocycles. The van der Waals surface area contributed by atoms with Crippen molar-refractivity contribution in [1.82, 2.24) is 24.6 Å². The van der Waals surface area contributed by atoms with Gasteiger partial charge in [-0.2, -0.15) is 5.10 Å². The monoisotopic (exact) mass is 340 g/mol. The largest absolute Gasteiger partial charge is 0.468 e. The fourth-order valence-electron chi connectivity index (χ4n) is 3.58. The number of aromatic nitrogens is 4. The Hall–Kier alpha value is -2.41. The zero-order valence-corrected chi connectivity index (χ0v) is 14.8. The van der Waals surface area contributed by atoms with E-state index in [2.05, 4.69) is 31.3 Å². The minimum atomic E-state index is 0.206. The van der Waals surface area contributed by atoms with Gasteiger partial charge in [-0.25, -0.2) is 9.97 Å². The van der Waals surface area contributed by atoms with Crippen LogP contribution in [0.25, 0.3) is 11.0 Å². The molecule has 4 heterocycles. The van der Waals surface area contributed by atoms with Crippen molar-refractivity contribution in [3.05, 3.63) is 36.2 Å². The van der Waals surface area contributed by atoms with Gasteiger partial charge in [-0.1, -0.05) is 6.42 Å². The average Bonchev–Trinajstić information content (AvgIpc) is 3.27. The average molecular weight is 340 g/mol. The van der Waals surface area contributed by atoms with E-state index < -0.39 is 0 Å². The van der Waals surface area contributed by atoms with Gasteiger partial charge in [0.05, 0.1) is 23.9 Å². The first-order chi connectivity index (χ1) is 12.2. The van der Waals surface area contributed by atoms with E-state index in [1.165, 1.54) is 19.3 Å². The van der Waals surface area contributed by atoms with Crippen molar-refractivity contribution in [3.8, 4) is 0 Å². The van der Waals surface area contributed by atoms with E-state index in [4.69, 9.17) is 4.42 Å². The van der Waals surface area contributed by atoms with Crippen LogP contribution in [0.5, 0.6) is 0 Å². The number of rotatable bonds is 5. The van der Waals surface area contributed by atoms with Gasteiger partial charge in [-0.15, -0.1) is 0 Å². The Kier molecular flexibility index (Phi) is 4.40. The fourth-order valence-corrected chi connectivity index (χ4v) is 3.58. The smallest absolute Gasteiger partial charge is 0.163 e. The lowest BCUT2D eigenvalue weighted by Gasteiger charge is -2.33. The molecule has 1 fully saturated rings. The van der Waals surface area contributed by atoms with Crippen molar-refractivity contribution < 1.29 is 4.42 Å². The lowest BCUT2D eigenvalue weighted by molar-refractivity contribution is 0.153. The molecular formula is C18H24N6O. The fraction of sp³-hybridized carbons (Fsp3) is 0.500. The van der Waals surface area contributed by atoms with Crippen LogP contribution < -0.4 is 5.32 Å². The number of nitrogens with zero attached hydrogens (tertiary/aromatic N) is 5. The van der Waals surface area contributed by atoms with Gasteiger partial charge in [0, 0.05) is 13.6 Å². The van der Waals surface area contributed by atoms with Crippen molar-refractivity contribution in [2.45, 2.75) is 32.2 Å². The van der Waals surface area contributed by atoms with Gasteiger partial charge < -0.3 is 9.73 Å². The molecular weight excluding hydrogens is 316 g/mol. The molecule has 0 aliphatic carbocycles. The van der Waals surface area contributed by atoms with Crippen LogP contribution in [-0.4, -0.2) is 44.3 Å². The Morgan fingerprint density at radius 3 is 2.84 bits per heavy atom. The molecule has 0 unspecified atom stereocenters. The first kappa shape index (κ1) is 16.1. The molecule has 0 bridgehead atoms. The molecule has 0 radical (unpaired) electrons. The number of nitrogens with one attached hydrogen (secondary N) is 1. The van der Waals surface area contributed by atoms with Crippen LogP contribution in [0.2, 0.25) is 0 Å². The van der Waals surface area contributed by atoms with Gasteiger partial charge >= 0.3 is 0 Å². The van der Waals surface area contributed by atoms with Crippen LogP contribution in [0, 0.1) is 6.92 Å². The molecule has 1 N–H and O–H groups in total. The summed E-state index contributed by atoms with van der Waals surface area (Å²) in [4.78, 5) is 11.6. The van der Waals surface area contributed by atoms with Crippen molar-refractivity contribution in [3.63, 3.8) is 0 Å². The normalized spacial score (nSPS) is 17.0. The maximum absolute atomic E-state index is 5.72. The quantitative estimate of drug-likeness (QED) is 0.770. The highest BCUT2D eigenvalue weighted by atomic mass is 16.3. The number of anilines is 1. The maximum atomic E-state index is 5.72. The highest BCUT2D eigenvalue weighted by Gasteiger charge is 2.24. The van der Waals surface area contributed by atoms with E-state index in [1.54, 1.807) is 10.9 Å². The highest BCUT2D eigenvalue weighted by molar-refractivity contribution is 5.86. The number of piperidine rings is 1. The SMILES string of the molecule is Cc1nc(NC[C@H](c2ccco2)N2CCCCC2)c2cnn(C)c2n1. The number of aryl methyl sites for hydroxylation is 2. The number of likely N-dealkylation sites (tertiary alicyclic amines) is 1. The third kappa shape index (κ3) is 3.24. The summed E-state index contributed by atoms with van der Waals surface area (Å²) >= 11 is 0. The molecule has 0 saturated carbocycles. The first-order valence-corrected chi connectivity index (χ1v) is 8.90. The molecule has 0 spiro atoms. The van der Waals surface area contributed by atoms with Crippen LogP contribution >= 0.6 is 0 Å². The van der Waals surface area contributed by atoms with Crippen molar-refractivity contribution in [2.24, 2.45) is 7.05 Å². The zero-order valence-electron chi connectivity index (χ0n) is 14.8. The molecule has 7 heteroatoms. The number of fused-ring (bicyclic) bond motifs is 1. The Morgan fingerprint density at radius 1 is 1.24 bits per heavy atom. The number of hydrogen-bond donors (Lipinski definition) is 1. The van der Waals surface area contributed by atoms with Gasteiger partial charge in [0.2, 0.25) is 0 Å². The van der Waals surface area contributed by atoms with Crippen LogP contribution in [0.3, 0.4) is 0 Å². The van der Waals surface area contributed by atoms with Crippen molar-refractivity contribution in [1.29, 1.82) is 0 Å². The van der Waals surface area contributed by atoms with E-state index in [-0.39, 0.29) is 6.04 Å². The summed E-state index contributed by atoms with van der Waals surface area (Å²) in [6, 6.07) is 4.23. The lowest BCUT2D eigenvalue weighted by Crippen LogP contribution is -2.37. The van der Waals surface area contributed by atoms with Crippen molar-refractivity contribution >= 4 is 16.9 Å². The molecule has 4 rings (SSSR count). The molecule has 1 aliphatic heterocycles. The molecule has 1 atom stereocenters. The first-order valence-electron chi connectivity index (χ1n) is 8.90. The Balaban J connectivity index is 1.59. The van der Waals surface area contributed by atoms with Crippen LogP contribution in [0.15, 0.2) is 29.0 Å². The minimum Gasteiger partial charge on any atom is -0.468 e. The lowest BCUT2D eigenvalue weighted by atomic mass is 10.1. The molecule has 25 heavy (non-hydrogen) atoms. The van der Waals surface area contributed by atoms with E-state index in [0.717, 1.165) is 48.1 Å². The third-order valence-electron chi connectivity index (χ3n) is 4.87. The third-order valence-corrected chi connectivity index (χ3v) is 4.87. The summed E-state index contributed by atoms with van der Waals surface area (Å²) in [6.45, 7) is 4.87. The molecule has 132 valence electrons. The summed E-state index contributed by atoms with van der Waals surface area (Å²) < 4.78 is 7.50. The molecule has 3 aromatic heterocycles. The summed E-state index contributed by atoms with van der Waals surface area (Å²) in [5, 5.41) is 8.78. The Labute approximate surface area is 147 Å². The summed E-state index contributed by atoms with van der Waals surface area (Å²) in [5.74, 6) is 2.58. The van der Waals surface area contributed by atoms with E-state index in [9.17, 15) is 0 Å². The van der Waals surface area contributed by atoms with E-state index >= 15 is 0 Å². The predicted octanol–water partition coefficient (Wildman–Crippen LogP) is 2.90. The summed E-state index contributed by atoms with van der Waals surface area (Å²) in [7, 11) is 1.90. The summed E-state index contributed by atoms with van der Waals surface area (Å²) in [6.07, 6.45) is 7.38. The zero-order chi connectivity index (χ0) is 17.2. The van der Waals surface area contributed by atoms with Gasteiger partial charge in [-0.05, 0) is 45.0 Å². The van der Waals surface area contributed by atoms with Gasteiger partial charge in [0.15, 0.2) is 5.65 Å². The molecule has 7 nitrogen and oxygen atoms in total. The predicted molar refractivity (Wildman–Crippen MR) is 96.4 cm³/mol. The molecule has 0 aromatic carbocycles. The van der Waals surface area contributed by atoms with Crippen LogP contribution in [0.4, 0.5) is 5.82 Å². The molecule has 3 aromatic rings. The summed E-state index contributed by atoms with van der Waals surface area (Å²) in [5.41, 5.74) is 0.850. The van der Waals surface area contributed by atoms with E-state index in [1.807, 2.05) is 26.2 Å². The Morgan fingerprint density at radius 2 is 2.08 bits per heavy atom. The standard InChI is InChI=1S/C18H24N6O/c1-13-21-17(14-11-20-23(2)18(14)22-13)19-12-15(16-7-6-10-25-16)24-8-4-3-5-9-24/h6-7,10-11,15H,3-5,8-9,12H2,1-2H3,(H,19,21,22)/t15-/m1/s1. The second kappa shape index (κ2) is 6.84. The van der Waals surface area contributed by atoms with Crippen LogP contribution in [0.1, 0.15) is 36.9 Å². The number of hydrogen-bond acceptors (Lipinski definition) is 6. The minimum absolute atomic E-state index is 0.206. The van der Waals surface area contributed by atoms with Crippen LogP contribution in [-0.2, 0) is 7.05 Å². The molecule has 0 amide bonds. The molecule has 1 aliphatic rings. The van der Waals surface area contributed by atoms with Gasteiger partial charge in [0.25, 0.3) is 0 Å². The van der Waals surface area contributed by atoms with Gasteiger partial charge in [0.1, 0.15) is 17.4 Å². The highest BCUT2D eigenvalue weighted by Crippen LogP contribution is 2.27. The Bertz CT molecular complexity index is 835. The second-order valence-corrected chi connectivity index (χ2v) is 6.63. The van der Waals surface area contributed by atoms with Gasteiger partial charge in [-0.3, -0.25) is 9.58 Å². The van der Waals surface area contributed by atoms with Crippen molar-refractivity contribution in [2.75, 3.05) is 25.0 Å². The van der Waals surface area contributed by atoms with E-state index in [0.29, 0.717) is 0 Å². The topological polar surface area (TPSA) is 72.0 Å². The second-order valence-electron chi connectivity index (χ2n) is 6.63.